The van der Waals surface area contributed by atoms with E-state index in [-0.39, 0.29) is 29.8 Å². The van der Waals surface area contributed by atoms with Crippen molar-refractivity contribution in [3.05, 3.63) is 83.4 Å². The van der Waals surface area contributed by atoms with Crippen LogP contribution in [0.1, 0.15) is 35.8 Å². The summed E-state index contributed by atoms with van der Waals surface area (Å²) in [5.74, 6) is 1.75. The fraction of sp³-hybridized carbons (Fsp3) is 0.333. The van der Waals surface area contributed by atoms with Crippen LogP contribution in [0.2, 0.25) is 0 Å². The van der Waals surface area contributed by atoms with Crippen LogP contribution in [0, 0.1) is 18.6 Å². The first-order valence-electron chi connectivity index (χ1n) is 12.5. The minimum absolute atomic E-state index is 0.0927. The number of piperazine rings is 1. The molecule has 0 spiro atoms. The van der Waals surface area contributed by atoms with Crippen LogP contribution in [-0.2, 0) is 7.05 Å². The fourth-order valence-corrected chi connectivity index (χ4v) is 6.20. The second-order valence-electron chi connectivity index (χ2n) is 10.1. The summed E-state index contributed by atoms with van der Waals surface area (Å²) >= 11 is 0. The first kappa shape index (κ1) is 22.3. The number of imidazole rings is 1. The van der Waals surface area contributed by atoms with Gasteiger partial charge in [-0.1, -0.05) is 24.3 Å². The molecule has 188 valence electrons. The lowest BCUT2D eigenvalue weighted by Crippen LogP contribution is -2.55. The van der Waals surface area contributed by atoms with E-state index in [0.717, 1.165) is 59.9 Å². The molecule has 0 radical (unpaired) electrons. The van der Waals surface area contributed by atoms with Gasteiger partial charge in [0, 0.05) is 32.2 Å². The van der Waals surface area contributed by atoms with Crippen LogP contribution in [0.4, 0.5) is 14.6 Å². The van der Waals surface area contributed by atoms with E-state index >= 15 is 0 Å². The summed E-state index contributed by atoms with van der Waals surface area (Å²) in [6, 6.07) is 13.8. The van der Waals surface area contributed by atoms with Crippen molar-refractivity contribution in [1.29, 1.82) is 0 Å². The molecule has 5 heterocycles. The highest BCUT2D eigenvalue weighted by molar-refractivity contribution is 5.86. The van der Waals surface area contributed by atoms with E-state index in [1.807, 2.05) is 47.2 Å². The van der Waals surface area contributed by atoms with E-state index < -0.39 is 0 Å². The van der Waals surface area contributed by atoms with Crippen LogP contribution in [0.15, 0.2) is 54.9 Å². The summed E-state index contributed by atoms with van der Waals surface area (Å²) < 4.78 is 31.5. The fourth-order valence-electron chi connectivity index (χ4n) is 6.20. The molecule has 8 nitrogen and oxygen atoms in total. The number of nitrogens with zero attached hydrogens (tertiary/aromatic N) is 8. The summed E-state index contributed by atoms with van der Waals surface area (Å²) in [7, 11) is 1.99. The molecular formula is C27H26F2N8. The third kappa shape index (κ3) is 3.50. The van der Waals surface area contributed by atoms with Crippen LogP contribution < -0.4 is 4.90 Å². The molecule has 7 rings (SSSR count). The molecule has 2 saturated heterocycles. The summed E-state index contributed by atoms with van der Waals surface area (Å²) in [5, 5.41) is 8.30. The smallest absolute Gasteiger partial charge is 0.258 e. The molecule has 0 saturated carbocycles. The number of halogens is 2. The van der Waals surface area contributed by atoms with E-state index in [1.54, 1.807) is 6.33 Å². The molecule has 0 aliphatic carbocycles. The molecule has 2 aromatic carbocycles. The van der Waals surface area contributed by atoms with Gasteiger partial charge >= 0.3 is 0 Å². The Morgan fingerprint density at radius 1 is 0.865 bits per heavy atom. The van der Waals surface area contributed by atoms with Gasteiger partial charge < -0.3 is 9.47 Å². The second kappa shape index (κ2) is 8.31. The van der Waals surface area contributed by atoms with Gasteiger partial charge in [0.25, 0.3) is 5.78 Å². The molecular weight excluding hydrogens is 474 g/mol. The summed E-state index contributed by atoms with van der Waals surface area (Å²) in [6.45, 7) is 3.53. The normalized spacial score (nSPS) is 20.1. The number of hydrogen-bond acceptors (Lipinski definition) is 6. The molecule has 10 heteroatoms. The quantitative estimate of drug-likeness (QED) is 0.371. The number of rotatable bonds is 4. The molecule has 2 aliphatic heterocycles. The summed E-state index contributed by atoms with van der Waals surface area (Å²) in [6.07, 6.45) is 3.75. The van der Waals surface area contributed by atoms with Gasteiger partial charge in [-0.2, -0.15) is 4.98 Å². The Morgan fingerprint density at radius 3 is 2.05 bits per heavy atom. The summed E-state index contributed by atoms with van der Waals surface area (Å²) in [4.78, 5) is 14.6. The molecule has 5 aromatic rings. The lowest BCUT2D eigenvalue weighted by atomic mass is 9.94. The van der Waals surface area contributed by atoms with Gasteiger partial charge in [-0.3, -0.25) is 4.90 Å². The maximum Gasteiger partial charge on any atom is 0.258 e. The molecule has 0 N–H and O–H groups in total. The van der Waals surface area contributed by atoms with Crippen molar-refractivity contribution in [3.8, 4) is 0 Å². The minimum atomic E-state index is -0.265. The standard InChI is InChI=1S/C27H26F2N8/c1-16-31-23-25(32-27-33-30-15-36(27)26(23)34(16)2)35-13-21-11-12-22(14-35)37(21)24(17-3-7-19(28)8-4-17)18-5-9-20(29)10-6-18/h3-10,15,21-22,24H,11-14H2,1-2H3. The number of hydrogen-bond donors (Lipinski definition) is 0. The highest BCUT2D eigenvalue weighted by Crippen LogP contribution is 2.42. The predicted molar refractivity (Wildman–Crippen MR) is 135 cm³/mol. The van der Waals surface area contributed by atoms with Crippen molar-refractivity contribution in [3.63, 3.8) is 0 Å². The zero-order valence-electron chi connectivity index (χ0n) is 20.6. The molecule has 2 bridgehead atoms. The monoisotopic (exact) mass is 500 g/mol. The zero-order valence-corrected chi connectivity index (χ0v) is 20.6. The number of fused-ring (bicyclic) bond motifs is 5. The minimum Gasteiger partial charge on any atom is -0.351 e. The van der Waals surface area contributed by atoms with Gasteiger partial charge in [-0.25, -0.2) is 18.2 Å². The van der Waals surface area contributed by atoms with Crippen LogP contribution in [0.25, 0.3) is 16.9 Å². The van der Waals surface area contributed by atoms with E-state index in [1.165, 1.54) is 24.3 Å². The van der Waals surface area contributed by atoms with Crippen molar-refractivity contribution >= 4 is 22.8 Å². The molecule has 2 unspecified atom stereocenters. The molecule has 2 aliphatic rings. The molecule has 37 heavy (non-hydrogen) atoms. The van der Waals surface area contributed by atoms with Crippen molar-refractivity contribution in [2.24, 2.45) is 7.05 Å². The third-order valence-corrected chi connectivity index (χ3v) is 7.97. The number of aryl methyl sites for hydroxylation is 2. The Bertz CT molecular complexity index is 1550. The molecule has 2 fully saturated rings. The predicted octanol–water partition coefficient (Wildman–Crippen LogP) is 4.04. The Hall–Kier alpha value is -3.92. The first-order chi connectivity index (χ1) is 18.0. The average Bonchev–Trinajstić information content (AvgIpc) is 3.55. The van der Waals surface area contributed by atoms with E-state index in [4.69, 9.17) is 9.97 Å². The van der Waals surface area contributed by atoms with Crippen molar-refractivity contribution in [2.45, 2.75) is 37.9 Å². The van der Waals surface area contributed by atoms with Gasteiger partial charge in [0.2, 0.25) is 0 Å². The van der Waals surface area contributed by atoms with Gasteiger partial charge in [-0.15, -0.1) is 10.2 Å². The maximum atomic E-state index is 13.8. The highest BCUT2D eigenvalue weighted by atomic mass is 19.1. The van der Waals surface area contributed by atoms with Crippen LogP contribution in [0.3, 0.4) is 0 Å². The Balaban J connectivity index is 1.29. The van der Waals surface area contributed by atoms with Gasteiger partial charge in [0.15, 0.2) is 11.5 Å². The lowest BCUT2D eigenvalue weighted by Gasteiger charge is -2.45. The molecule has 0 amide bonds. The topological polar surface area (TPSA) is 67.4 Å². The van der Waals surface area contributed by atoms with Crippen molar-refractivity contribution < 1.29 is 8.78 Å². The van der Waals surface area contributed by atoms with E-state index in [0.29, 0.717) is 5.78 Å². The van der Waals surface area contributed by atoms with Crippen LogP contribution >= 0.6 is 0 Å². The van der Waals surface area contributed by atoms with Crippen LogP contribution in [0.5, 0.6) is 0 Å². The Kier molecular flexibility index (Phi) is 5.00. The third-order valence-electron chi connectivity index (χ3n) is 7.97. The Morgan fingerprint density at radius 2 is 1.46 bits per heavy atom. The zero-order chi connectivity index (χ0) is 25.3. The number of aromatic nitrogens is 6. The lowest BCUT2D eigenvalue weighted by molar-refractivity contribution is 0.130. The SMILES string of the molecule is Cc1nc2c(N3CC4CCC(C3)N4C(c3ccc(F)cc3)c3ccc(F)cc3)nc3nncn3c2n1C. The van der Waals surface area contributed by atoms with E-state index in [2.05, 4.69) is 20.0 Å². The first-order valence-corrected chi connectivity index (χ1v) is 12.5. The van der Waals surface area contributed by atoms with Crippen molar-refractivity contribution in [2.75, 3.05) is 18.0 Å². The van der Waals surface area contributed by atoms with Gasteiger partial charge in [0.1, 0.15) is 29.3 Å². The highest BCUT2D eigenvalue weighted by Gasteiger charge is 2.45. The maximum absolute atomic E-state index is 13.8. The van der Waals surface area contributed by atoms with Crippen molar-refractivity contribution in [1.82, 2.24) is 34.0 Å². The van der Waals surface area contributed by atoms with Crippen LogP contribution in [-0.4, -0.2) is 59.2 Å². The largest absolute Gasteiger partial charge is 0.351 e. The number of anilines is 1. The van der Waals surface area contributed by atoms with Gasteiger partial charge in [0.05, 0.1) is 6.04 Å². The summed E-state index contributed by atoms with van der Waals surface area (Å²) in [5.41, 5.74) is 3.77. The average molecular weight is 501 g/mol. The molecule has 3 aromatic heterocycles. The Labute approximate surface area is 212 Å². The molecule has 2 atom stereocenters. The number of benzene rings is 2. The van der Waals surface area contributed by atoms with E-state index in [9.17, 15) is 8.78 Å². The second-order valence-corrected chi connectivity index (χ2v) is 10.1. The van der Waals surface area contributed by atoms with Gasteiger partial charge in [-0.05, 0) is 55.2 Å².